The zero-order chi connectivity index (χ0) is 14.0. The molecule has 1 aromatic carbocycles. The van der Waals surface area contributed by atoms with Gasteiger partial charge < -0.3 is 5.11 Å². The molecule has 1 aromatic rings. The van der Waals surface area contributed by atoms with Gasteiger partial charge in [-0.1, -0.05) is 29.8 Å². The molecule has 106 valence electrons. The third-order valence-corrected chi connectivity index (χ3v) is 4.90. The molecule has 2 unspecified atom stereocenters. The van der Waals surface area contributed by atoms with Gasteiger partial charge in [-0.05, 0) is 25.5 Å². The smallest absolute Gasteiger partial charge is 0.213 e. The minimum absolute atomic E-state index is 0.405. The van der Waals surface area contributed by atoms with Crippen molar-refractivity contribution in [2.75, 3.05) is 19.6 Å². The van der Waals surface area contributed by atoms with Crippen LogP contribution < -0.4 is 5.14 Å². The molecule has 5 nitrogen and oxygen atoms in total. The van der Waals surface area contributed by atoms with Crippen molar-refractivity contribution < 1.29 is 13.5 Å². The first-order valence-electron chi connectivity index (χ1n) is 6.35. The van der Waals surface area contributed by atoms with Crippen LogP contribution in [0.2, 0.25) is 0 Å². The van der Waals surface area contributed by atoms with Gasteiger partial charge >= 0.3 is 0 Å². The van der Waals surface area contributed by atoms with Crippen LogP contribution in [-0.4, -0.2) is 43.3 Å². The monoisotopic (exact) mass is 284 g/mol. The van der Waals surface area contributed by atoms with E-state index in [1.165, 1.54) is 0 Å². The zero-order valence-electron chi connectivity index (χ0n) is 11.0. The van der Waals surface area contributed by atoms with E-state index in [9.17, 15) is 13.5 Å². The van der Waals surface area contributed by atoms with Crippen molar-refractivity contribution in [1.29, 1.82) is 0 Å². The van der Waals surface area contributed by atoms with E-state index in [1.54, 1.807) is 0 Å². The lowest BCUT2D eigenvalue weighted by molar-refractivity contribution is 0.126. The highest BCUT2D eigenvalue weighted by Crippen LogP contribution is 2.20. The van der Waals surface area contributed by atoms with Crippen LogP contribution in [0.1, 0.15) is 23.7 Å². The fourth-order valence-electron chi connectivity index (χ4n) is 2.37. The molecule has 0 amide bonds. The molecule has 2 rings (SSSR count). The molecule has 19 heavy (non-hydrogen) atoms. The van der Waals surface area contributed by atoms with E-state index in [-0.39, 0.29) is 0 Å². The van der Waals surface area contributed by atoms with Crippen LogP contribution >= 0.6 is 0 Å². The molecule has 0 aromatic heterocycles. The molecule has 0 radical (unpaired) electrons. The van der Waals surface area contributed by atoms with E-state index >= 15 is 0 Å². The summed E-state index contributed by atoms with van der Waals surface area (Å²) in [6.07, 6.45) is -0.0563. The molecule has 1 heterocycles. The summed E-state index contributed by atoms with van der Waals surface area (Å²) in [5.41, 5.74) is 2.00. The summed E-state index contributed by atoms with van der Waals surface area (Å²) in [6.45, 7) is 3.49. The lowest BCUT2D eigenvalue weighted by Gasteiger charge is -2.20. The Balaban J connectivity index is 1.94. The summed E-state index contributed by atoms with van der Waals surface area (Å²) in [7, 11) is -3.46. The van der Waals surface area contributed by atoms with Gasteiger partial charge in [-0.2, -0.15) is 0 Å². The molecule has 6 heteroatoms. The van der Waals surface area contributed by atoms with Crippen molar-refractivity contribution >= 4 is 10.0 Å². The first kappa shape index (κ1) is 14.5. The summed E-state index contributed by atoms with van der Waals surface area (Å²) < 4.78 is 22.5. The molecule has 1 aliphatic rings. The van der Waals surface area contributed by atoms with Crippen molar-refractivity contribution in [3.8, 4) is 0 Å². The molecule has 0 spiro atoms. The zero-order valence-corrected chi connectivity index (χ0v) is 11.8. The van der Waals surface area contributed by atoms with Crippen LogP contribution in [0.15, 0.2) is 24.3 Å². The number of primary sulfonamides is 1. The number of rotatable bonds is 4. The third kappa shape index (κ3) is 3.76. The fraction of sp³-hybridized carbons (Fsp3) is 0.538. The van der Waals surface area contributed by atoms with Crippen molar-refractivity contribution in [3.05, 3.63) is 35.4 Å². The quantitative estimate of drug-likeness (QED) is 0.838. The molecule has 0 saturated carbocycles. The Labute approximate surface area is 114 Å². The van der Waals surface area contributed by atoms with Crippen LogP contribution in [-0.2, 0) is 10.0 Å². The number of nitrogens with zero attached hydrogens (tertiary/aromatic N) is 1. The Kier molecular flexibility index (Phi) is 4.25. The number of aliphatic hydroxyl groups excluding tert-OH is 1. The average molecular weight is 284 g/mol. The van der Waals surface area contributed by atoms with Crippen LogP contribution in [0, 0.1) is 6.92 Å². The second kappa shape index (κ2) is 5.58. The maximum Gasteiger partial charge on any atom is 0.213 e. The number of benzene rings is 1. The van der Waals surface area contributed by atoms with Crippen molar-refractivity contribution in [3.63, 3.8) is 0 Å². The molecular formula is C13H20N2O3S. The SMILES string of the molecule is Cc1ccc(C(O)CN2CCC(S(N)(=O)=O)C2)cc1. The third-order valence-electron chi connectivity index (χ3n) is 3.59. The maximum atomic E-state index is 11.3. The standard InChI is InChI=1S/C13H20N2O3S/c1-10-2-4-11(5-3-10)13(16)9-15-7-6-12(8-15)19(14,17)18/h2-5,12-13,16H,6-9H2,1H3,(H2,14,17,18). The van der Waals surface area contributed by atoms with Gasteiger partial charge in [0.1, 0.15) is 0 Å². The number of hydrogen-bond donors (Lipinski definition) is 2. The van der Waals surface area contributed by atoms with Crippen LogP contribution in [0.5, 0.6) is 0 Å². The van der Waals surface area contributed by atoms with E-state index in [0.717, 1.165) is 11.1 Å². The minimum atomic E-state index is -3.46. The Hall–Kier alpha value is -0.950. The number of nitrogens with two attached hydrogens (primary N) is 1. The first-order valence-corrected chi connectivity index (χ1v) is 7.96. The van der Waals surface area contributed by atoms with E-state index in [1.807, 2.05) is 36.1 Å². The van der Waals surface area contributed by atoms with Crippen molar-refractivity contribution in [2.24, 2.45) is 5.14 Å². The van der Waals surface area contributed by atoms with Gasteiger partial charge in [0.25, 0.3) is 0 Å². The summed E-state index contributed by atoms with van der Waals surface area (Å²) in [6, 6.07) is 7.70. The van der Waals surface area contributed by atoms with E-state index < -0.39 is 21.4 Å². The predicted molar refractivity (Wildman–Crippen MR) is 74.1 cm³/mol. The highest BCUT2D eigenvalue weighted by Gasteiger charge is 2.31. The fourth-order valence-corrected chi connectivity index (χ4v) is 3.22. The molecule has 0 bridgehead atoms. The highest BCUT2D eigenvalue weighted by molar-refractivity contribution is 7.89. The maximum absolute atomic E-state index is 11.3. The Morgan fingerprint density at radius 2 is 2.05 bits per heavy atom. The lowest BCUT2D eigenvalue weighted by atomic mass is 10.1. The molecule has 1 fully saturated rings. The Morgan fingerprint density at radius 1 is 1.42 bits per heavy atom. The Morgan fingerprint density at radius 3 is 2.58 bits per heavy atom. The van der Waals surface area contributed by atoms with Crippen LogP contribution in [0.4, 0.5) is 0 Å². The average Bonchev–Trinajstić information content (AvgIpc) is 2.78. The molecule has 1 aliphatic heterocycles. The van der Waals surface area contributed by atoms with Gasteiger partial charge in [-0.15, -0.1) is 0 Å². The summed E-state index contributed by atoms with van der Waals surface area (Å²) in [4.78, 5) is 1.94. The normalized spacial score (nSPS) is 22.6. The van der Waals surface area contributed by atoms with Gasteiger partial charge in [-0.3, -0.25) is 4.90 Å². The predicted octanol–water partition coefficient (Wildman–Crippen LogP) is 0.391. The second-order valence-corrected chi connectivity index (χ2v) is 7.03. The number of aryl methyl sites for hydroxylation is 1. The van der Waals surface area contributed by atoms with Crippen LogP contribution in [0.3, 0.4) is 0 Å². The number of sulfonamides is 1. The molecule has 0 aliphatic carbocycles. The number of aliphatic hydroxyl groups is 1. The van der Waals surface area contributed by atoms with Gasteiger partial charge in [0.15, 0.2) is 0 Å². The second-order valence-electron chi connectivity index (χ2n) is 5.19. The summed E-state index contributed by atoms with van der Waals surface area (Å²) in [5.74, 6) is 0. The number of β-amino-alcohol motifs (C(OH)–C–C–N with tert-alkyl or cyclic N) is 1. The number of likely N-dealkylation sites (tertiary alicyclic amines) is 1. The van der Waals surface area contributed by atoms with E-state index in [2.05, 4.69) is 0 Å². The summed E-state index contributed by atoms with van der Waals surface area (Å²) >= 11 is 0. The van der Waals surface area contributed by atoms with Gasteiger partial charge in [0.2, 0.25) is 10.0 Å². The lowest BCUT2D eigenvalue weighted by Crippen LogP contribution is -2.33. The largest absolute Gasteiger partial charge is 0.387 e. The van der Waals surface area contributed by atoms with Gasteiger partial charge in [0.05, 0.1) is 11.4 Å². The van der Waals surface area contributed by atoms with Gasteiger partial charge in [-0.25, -0.2) is 13.6 Å². The molecule has 2 atom stereocenters. The first-order chi connectivity index (χ1) is 8.86. The Bertz CT molecular complexity index is 527. The number of hydrogen-bond acceptors (Lipinski definition) is 4. The molecule has 1 saturated heterocycles. The minimum Gasteiger partial charge on any atom is -0.387 e. The summed E-state index contributed by atoms with van der Waals surface area (Å²) in [5, 5.41) is 14.8. The van der Waals surface area contributed by atoms with Crippen molar-refractivity contribution in [1.82, 2.24) is 4.90 Å². The molecule has 3 N–H and O–H groups in total. The van der Waals surface area contributed by atoms with Gasteiger partial charge in [0, 0.05) is 13.1 Å². The van der Waals surface area contributed by atoms with E-state index in [4.69, 9.17) is 5.14 Å². The topological polar surface area (TPSA) is 83.6 Å². The van der Waals surface area contributed by atoms with E-state index in [0.29, 0.717) is 26.1 Å². The molecular weight excluding hydrogens is 264 g/mol. The van der Waals surface area contributed by atoms with Crippen molar-refractivity contribution in [2.45, 2.75) is 24.7 Å². The highest BCUT2D eigenvalue weighted by atomic mass is 32.2. The van der Waals surface area contributed by atoms with Crippen LogP contribution in [0.25, 0.3) is 0 Å².